The molecule has 0 bridgehead atoms. The number of fused-ring (bicyclic) bond motifs is 6. The first-order valence-corrected chi connectivity index (χ1v) is 21.0. The highest BCUT2D eigenvalue weighted by molar-refractivity contribution is 7.22. The highest BCUT2D eigenvalue weighted by atomic mass is 28.3. The third-order valence-corrected chi connectivity index (χ3v) is 16.8. The molecule has 54 heavy (non-hydrogen) atoms. The van der Waals surface area contributed by atoms with E-state index in [-0.39, 0.29) is 5.41 Å². The molecule has 0 amide bonds. The summed E-state index contributed by atoms with van der Waals surface area (Å²) in [5.41, 5.74) is 15.2. The Morgan fingerprint density at radius 1 is 0.389 bits per heavy atom. The summed E-state index contributed by atoms with van der Waals surface area (Å²) in [6.07, 6.45) is 0. The van der Waals surface area contributed by atoms with Gasteiger partial charge in [-0.2, -0.15) is 0 Å². The van der Waals surface area contributed by atoms with Crippen LogP contribution in [0.2, 0.25) is 0 Å². The molecule has 0 radical (unpaired) electrons. The summed E-state index contributed by atoms with van der Waals surface area (Å²) < 4.78 is 0. The Hall–Kier alpha value is -6.22. The molecule has 1 aliphatic carbocycles. The molecule has 258 valence electrons. The van der Waals surface area contributed by atoms with Gasteiger partial charge in [-0.1, -0.05) is 172 Å². The Balaban J connectivity index is 1.22. The van der Waals surface area contributed by atoms with E-state index in [1.54, 1.807) is 0 Å². The van der Waals surface area contributed by atoms with Crippen LogP contribution in [0.15, 0.2) is 194 Å². The Morgan fingerprint density at radius 2 is 0.926 bits per heavy atom. The smallest absolute Gasteiger partial charge is 0.180 e. The van der Waals surface area contributed by atoms with Gasteiger partial charge >= 0.3 is 0 Å². The Bertz CT molecular complexity index is 2650. The molecular formula is C52H41NSi. The average Bonchev–Trinajstić information content (AvgIpc) is 3.65. The van der Waals surface area contributed by atoms with E-state index in [1.165, 1.54) is 82.2 Å². The van der Waals surface area contributed by atoms with Crippen LogP contribution in [0.25, 0.3) is 33.4 Å². The third-order valence-electron chi connectivity index (χ3n) is 12.0. The largest absolute Gasteiger partial charge is 0.310 e. The van der Waals surface area contributed by atoms with Gasteiger partial charge < -0.3 is 4.90 Å². The molecule has 8 aromatic rings. The maximum atomic E-state index is 2.52. The minimum absolute atomic E-state index is 0.107. The number of anilines is 3. The van der Waals surface area contributed by atoms with Crippen LogP contribution in [0.5, 0.6) is 0 Å². The minimum atomic E-state index is -2.70. The number of rotatable bonds is 6. The average molecular weight is 708 g/mol. The van der Waals surface area contributed by atoms with Crippen molar-refractivity contribution >= 4 is 45.9 Å². The normalized spacial score (nSPS) is 14.1. The summed E-state index contributed by atoms with van der Waals surface area (Å²) >= 11 is 0. The maximum absolute atomic E-state index is 2.70. The molecule has 0 saturated carbocycles. The first-order valence-electron chi connectivity index (χ1n) is 19.0. The van der Waals surface area contributed by atoms with Crippen LogP contribution >= 0.6 is 0 Å². The lowest BCUT2D eigenvalue weighted by Gasteiger charge is -2.34. The maximum Gasteiger partial charge on any atom is 0.180 e. The fourth-order valence-corrected chi connectivity index (χ4v) is 14.8. The van der Waals surface area contributed by atoms with Gasteiger partial charge in [-0.3, -0.25) is 0 Å². The lowest BCUT2D eigenvalue weighted by Crippen LogP contribution is -2.72. The van der Waals surface area contributed by atoms with Crippen LogP contribution in [0.3, 0.4) is 0 Å². The van der Waals surface area contributed by atoms with Gasteiger partial charge in [0.1, 0.15) is 0 Å². The fraction of sp³-hybridized carbons (Fsp3) is 0.0769. The fourth-order valence-electron chi connectivity index (χ4n) is 9.53. The SMILES string of the molecule is Cc1cc(N(c2ccc(-c3ccccc3)cc2)c2ccc3c(c2)C(C)(C)c2ccccc2-3)cc([Si]2(c3ccccc3)c3ccccc3-c3ccccc32)c1. The molecule has 1 nitrogen and oxygen atoms in total. The summed E-state index contributed by atoms with van der Waals surface area (Å²) in [6, 6.07) is 72.8. The van der Waals surface area contributed by atoms with E-state index >= 15 is 0 Å². The third kappa shape index (κ3) is 4.84. The molecule has 1 heterocycles. The van der Waals surface area contributed by atoms with Crippen LogP contribution in [0, 0.1) is 6.92 Å². The van der Waals surface area contributed by atoms with E-state index in [4.69, 9.17) is 0 Å². The van der Waals surface area contributed by atoms with Crippen LogP contribution in [0.4, 0.5) is 17.1 Å². The molecule has 0 spiro atoms. The molecule has 2 aliphatic rings. The molecule has 8 aromatic carbocycles. The second kappa shape index (κ2) is 12.4. The van der Waals surface area contributed by atoms with Gasteiger partial charge in [0.25, 0.3) is 0 Å². The summed E-state index contributed by atoms with van der Waals surface area (Å²) in [6.45, 7) is 7.01. The molecular weight excluding hydrogens is 667 g/mol. The van der Waals surface area contributed by atoms with Gasteiger partial charge in [0.2, 0.25) is 0 Å². The lowest BCUT2D eigenvalue weighted by atomic mass is 9.82. The van der Waals surface area contributed by atoms with E-state index in [9.17, 15) is 0 Å². The van der Waals surface area contributed by atoms with Crippen molar-refractivity contribution in [2.45, 2.75) is 26.2 Å². The summed E-state index contributed by atoms with van der Waals surface area (Å²) in [5.74, 6) is 0. The second-order valence-corrected chi connectivity index (χ2v) is 19.1. The molecule has 10 rings (SSSR count). The minimum Gasteiger partial charge on any atom is -0.310 e. The quantitative estimate of drug-likeness (QED) is 0.156. The van der Waals surface area contributed by atoms with Gasteiger partial charge in [-0.05, 0) is 114 Å². The number of benzene rings is 8. The predicted octanol–water partition coefficient (Wildman–Crippen LogP) is 10.8. The number of hydrogen-bond donors (Lipinski definition) is 0. The lowest BCUT2D eigenvalue weighted by molar-refractivity contribution is 0.660. The van der Waals surface area contributed by atoms with Crippen molar-refractivity contribution in [1.82, 2.24) is 0 Å². The van der Waals surface area contributed by atoms with Crippen molar-refractivity contribution in [2.24, 2.45) is 0 Å². The second-order valence-electron chi connectivity index (χ2n) is 15.4. The van der Waals surface area contributed by atoms with Gasteiger partial charge in [0, 0.05) is 22.5 Å². The number of nitrogens with zero attached hydrogens (tertiary/aromatic N) is 1. The van der Waals surface area contributed by atoms with Gasteiger partial charge in [0.05, 0.1) is 0 Å². The van der Waals surface area contributed by atoms with Crippen molar-refractivity contribution in [2.75, 3.05) is 4.90 Å². The highest BCUT2D eigenvalue weighted by Gasteiger charge is 2.48. The zero-order valence-electron chi connectivity index (χ0n) is 30.9. The van der Waals surface area contributed by atoms with Crippen molar-refractivity contribution in [3.05, 3.63) is 211 Å². The molecule has 0 atom stereocenters. The highest BCUT2D eigenvalue weighted by Crippen LogP contribution is 2.50. The van der Waals surface area contributed by atoms with Crippen molar-refractivity contribution in [3.63, 3.8) is 0 Å². The van der Waals surface area contributed by atoms with Crippen LogP contribution in [-0.2, 0) is 5.41 Å². The molecule has 0 aromatic heterocycles. The molecule has 1 aliphatic heterocycles. The van der Waals surface area contributed by atoms with Crippen molar-refractivity contribution in [1.29, 1.82) is 0 Å². The Labute approximate surface area is 319 Å². The van der Waals surface area contributed by atoms with Gasteiger partial charge in [-0.25, -0.2) is 0 Å². The van der Waals surface area contributed by atoms with E-state index in [2.05, 4.69) is 220 Å². The Morgan fingerprint density at radius 3 is 1.61 bits per heavy atom. The first kappa shape index (κ1) is 32.4. The summed E-state index contributed by atoms with van der Waals surface area (Å²) in [5, 5.41) is 5.74. The monoisotopic (exact) mass is 707 g/mol. The summed E-state index contributed by atoms with van der Waals surface area (Å²) in [4.78, 5) is 2.49. The van der Waals surface area contributed by atoms with Gasteiger partial charge in [0.15, 0.2) is 8.07 Å². The molecule has 0 fully saturated rings. The summed E-state index contributed by atoms with van der Waals surface area (Å²) in [7, 11) is -2.70. The van der Waals surface area contributed by atoms with Crippen LogP contribution in [-0.4, -0.2) is 8.07 Å². The van der Waals surface area contributed by atoms with Gasteiger partial charge in [-0.15, -0.1) is 0 Å². The van der Waals surface area contributed by atoms with Crippen LogP contribution in [0.1, 0.15) is 30.5 Å². The van der Waals surface area contributed by atoms with E-state index in [1.807, 2.05) is 0 Å². The molecule has 2 heteroatoms. The molecule has 0 unspecified atom stereocenters. The van der Waals surface area contributed by atoms with Crippen molar-refractivity contribution in [3.8, 4) is 33.4 Å². The topological polar surface area (TPSA) is 3.24 Å². The number of aryl methyl sites for hydroxylation is 1. The van der Waals surface area contributed by atoms with E-state index < -0.39 is 8.07 Å². The standard InChI is InChI=1S/C52H41NSi/c1-36-32-41(34-43(33-36)54(42-18-8-5-9-19-42)50-24-14-11-21-46(50)47-22-12-15-25-51(47)54)53(39-28-26-38(27-29-39)37-16-6-4-7-17-37)40-30-31-45-44-20-10-13-23-48(44)52(2,3)49(45)35-40/h4-35H,1-3H3. The predicted molar refractivity (Wildman–Crippen MR) is 231 cm³/mol. The number of hydrogen-bond acceptors (Lipinski definition) is 1. The zero-order valence-corrected chi connectivity index (χ0v) is 31.9. The zero-order chi connectivity index (χ0) is 36.4. The molecule has 0 saturated heterocycles. The van der Waals surface area contributed by atoms with E-state index in [0.29, 0.717) is 0 Å². The van der Waals surface area contributed by atoms with Crippen LogP contribution < -0.4 is 25.6 Å². The van der Waals surface area contributed by atoms with E-state index in [0.717, 1.165) is 5.69 Å². The Kier molecular flexibility index (Phi) is 7.47. The van der Waals surface area contributed by atoms with Crippen molar-refractivity contribution < 1.29 is 0 Å². The molecule has 0 N–H and O–H groups in total. The first-order chi connectivity index (χ1) is 26.4.